The van der Waals surface area contributed by atoms with E-state index in [0.717, 1.165) is 18.6 Å². The Morgan fingerprint density at radius 1 is 1.16 bits per heavy atom. The van der Waals surface area contributed by atoms with Gasteiger partial charge in [-0.05, 0) is 62.6 Å². The van der Waals surface area contributed by atoms with Crippen LogP contribution in [-0.4, -0.2) is 30.1 Å². The summed E-state index contributed by atoms with van der Waals surface area (Å²) in [6.07, 6.45) is 6.44. The zero-order valence-corrected chi connectivity index (χ0v) is 12.0. The zero-order valence-electron chi connectivity index (χ0n) is 12.0. The number of piperidine rings is 1. The molecule has 2 nitrogen and oxygen atoms in total. The lowest BCUT2D eigenvalue weighted by Gasteiger charge is -2.44. The van der Waals surface area contributed by atoms with Crippen molar-refractivity contribution in [1.29, 1.82) is 0 Å². The molecule has 1 aromatic rings. The van der Waals surface area contributed by atoms with Crippen LogP contribution in [0.15, 0.2) is 24.3 Å². The van der Waals surface area contributed by atoms with Crippen molar-refractivity contribution in [2.45, 2.75) is 51.1 Å². The fourth-order valence-electron chi connectivity index (χ4n) is 3.88. The van der Waals surface area contributed by atoms with Crippen LogP contribution in [-0.2, 0) is 12.8 Å². The van der Waals surface area contributed by atoms with E-state index in [-0.39, 0.29) is 0 Å². The van der Waals surface area contributed by atoms with Gasteiger partial charge in [-0.15, -0.1) is 0 Å². The van der Waals surface area contributed by atoms with E-state index in [9.17, 15) is 0 Å². The van der Waals surface area contributed by atoms with Gasteiger partial charge in [0.25, 0.3) is 0 Å². The number of rotatable bonds is 2. The van der Waals surface area contributed by atoms with Crippen LogP contribution in [0.2, 0.25) is 0 Å². The van der Waals surface area contributed by atoms with E-state index in [0.29, 0.717) is 5.92 Å². The second-order valence-electron chi connectivity index (χ2n) is 6.39. The van der Waals surface area contributed by atoms with Crippen LogP contribution in [0.25, 0.3) is 0 Å². The van der Waals surface area contributed by atoms with Crippen LogP contribution in [0.3, 0.4) is 0 Å². The average Bonchev–Trinajstić information content (AvgIpc) is 2.47. The summed E-state index contributed by atoms with van der Waals surface area (Å²) in [5, 5.41) is 0. The van der Waals surface area contributed by atoms with Crippen LogP contribution in [0.1, 0.15) is 37.3 Å². The van der Waals surface area contributed by atoms with Crippen molar-refractivity contribution >= 4 is 0 Å². The first-order chi connectivity index (χ1) is 9.28. The summed E-state index contributed by atoms with van der Waals surface area (Å²) in [7, 11) is 0. The highest BCUT2D eigenvalue weighted by Crippen LogP contribution is 2.30. The van der Waals surface area contributed by atoms with Crippen molar-refractivity contribution < 1.29 is 0 Å². The molecule has 1 aliphatic heterocycles. The van der Waals surface area contributed by atoms with Gasteiger partial charge in [0.2, 0.25) is 0 Å². The van der Waals surface area contributed by atoms with Crippen LogP contribution in [0.5, 0.6) is 0 Å². The molecule has 0 spiro atoms. The van der Waals surface area contributed by atoms with Gasteiger partial charge in [-0.2, -0.15) is 0 Å². The van der Waals surface area contributed by atoms with Gasteiger partial charge in [0.1, 0.15) is 0 Å². The third-order valence-corrected chi connectivity index (χ3v) is 5.15. The van der Waals surface area contributed by atoms with Crippen molar-refractivity contribution in [2.24, 2.45) is 11.7 Å². The zero-order chi connectivity index (χ0) is 13.2. The first kappa shape index (κ1) is 13.1. The molecule has 1 saturated heterocycles. The van der Waals surface area contributed by atoms with E-state index in [4.69, 9.17) is 5.73 Å². The van der Waals surface area contributed by atoms with Gasteiger partial charge in [-0.25, -0.2) is 0 Å². The van der Waals surface area contributed by atoms with E-state index in [2.05, 4.69) is 36.1 Å². The SMILES string of the molecule is CC1CCC(CN)CN1C1CCc2ccccc2C1. The Bertz CT molecular complexity index is 429. The number of aryl methyl sites for hydroxylation is 1. The van der Waals surface area contributed by atoms with E-state index in [1.165, 1.54) is 38.6 Å². The lowest BCUT2D eigenvalue weighted by atomic mass is 9.84. The molecule has 2 heteroatoms. The summed E-state index contributed by atoms with van der Waals surface area (Å²) in [6.45, 7) is 4.46. The lowest BCUT2D eigenvalue weighted by Crippen LogP contribution is -2.50. The molecule has 3 rings (SSSR count). The van der Waals surface area contributed by atoms with Crippen molar-refractivity contribution in [3.05, 3.63) is 35.4 Å². The van der Waals surface area contributed by atoms with Crippen molar-refractivity contribution in [1.82, 2.24) is 4.90 Å². The number of nitrogens with two attached hydrogens (primary N) is 1. The third kappa shape index (κ3) is 2.70. The molecule has 1 heterocycles. The molecule has 3 unspecified atom stereocenters. The van der Waals surface area contributed by atoms with Crippen LogP contribution in [0, 0.1) is 5.92 Å². The first-order valence-corrected chi connectivity index (χ1v) is 7.80. The number of hydrogen-bond donors (Lipinski definition) is 1. The summed E-state index contributed by atoms with van der Waals surface area (Å²) in [6, 6.07) is 10.4. The van der Waals surface area contributed by atoms with Crippen LogP contribution >= 0.6 is 0 Å². The molecule has 2 N–H and O–H groups in total. The highest BCUT2D eigenvalue weighted by atomic mass is 15.2. The Balaban J connectivity index is 1.73. The summed E-state index contributed by atoms with van der Waals surface area (Å²) < 4.78 is 0. The van der Waals surface area contributed by atoms with E-state index < -0.39 is 0 Å². The Morgan fingerprint density at radius 2 is 1.95 bits per heavy atom. The monoisotopic (exact) mass is 258 g/mol. The van der Waals surface area contributed by atoms with E-state index in [1.54, 1.807) is 11.1 Å². The number of likely N-dealkylation sites (tertiary alicyclic amines) is 1. The van der Waals surface area contributed by atoms with Crippen molar-refractivity contribution in [3.63, 3.8) is 0 Å². The highest BCUT2D eigenvalue weighted by Gasteiger charge is 2.31. The minimum Gasteiger partial charge on any atom is -0.330 e. The third-order valence-electron chi connectivity index (χ3n) is 5.15. The molecule has 0 saturated carbocycles. The maximum Gasteiger partial charge on any atom is 0.0142 e. The summed E-state index contributed by atoms with van der Waals surface area (Å²) in [4.78, 5) is 2.75. The Kier molecular flexibility index (Phi) is 3.90. The second-order valence-corrected chi connectivity index (χ2v) is 6.39. The topological polar surface area (TPSA) is 29.3 Å². The Morgan fingerprint density at radius 3 is 2.74 bits per heavy atom. The second kappa shape index (κ2) is 5.64. The van der Waals surface area contributed by atoms with Gasteiger partial charge in [-0.3, -0.25) is 4.90 Å². The molecule has 0 bridgehead atoms. The van der Waals surface area contributed by atoms with Gasteiger partial charge < -0.3 is 5.73 Å². The number of hydrogen-bond acceptors (Lipinski definition) is 2. The van der Waals surface area contributed by atoms with Gasteiger partial charge in [-0.1, -0.05) is 24.3 Å². The van der Waals surface area contributed by atoms with Gasteiger partial charge in [0.05, 0.1) is 0 Å². The molecule has 19 heavy (non-hydrogen) atoms. The molecule has 1 aromatic carbocycles. The summed E-state index contributed by atoms with van der Waals surface area (Å²) >= 11 is 0. The van der Waals surface area contributed by atoms with E-state index >= 15 is 0 Å². The fraction of sp³-hybridized carbons (Fsp3) is 0.647. The van der Waals surface area contributed by atoms with Crippen LogP contribution < -0.4 is 5.73 Å². The number of benzene rings is 1. The smallest absolute Gasteiger partial charge is 0.0142 e. The molecule has 1 aliphatic carbocycles. The molecular formula is C17H26N2. The Hall–Kier alpha value is -0.860. The van der Waals surface area contributed by atoms with Crippen molar-refractivity contribution in [2.75, 3.05) is 13.1 Å². The van der Waals surface area contributed by atoms with Crippen molar-refractivity contribution in [3.8, 4) is 0 Å². The standard InChI is InChI=1S/C17H26N2/c1-13-6-7-14(11-18)12-19(13)17-9-8-15-4-2-3-5-16(15)10-17/h2-5,13-14,17H,6-12,18H2,1H3. The molecule has 1 fully saturated rings. The summed E-state index contributed by atoms with van der Waals surface area (Å²) in [5.41, 5.74) is 9.03. The maximum absolute atomic E-state index is 5.89. The maximum atomic E-state index is 5.89. The quantitative estimate of drug-likeness (QED) is 0.883. The Labute approximate surface area is 117 Å². The average molecular weight is 258 g/mol. The molecule has 104 valence electrons. The molecule has 2 aliphatic rings. The fourth-order valence-corrected chi connectivity index (χ4v) is 3.88. The minimum absolute atomic E-state index is 0.716. The minimum atomic E-state index is 0.716. The number of nitrogens with zero attached hydrogens (tertiary/aromatic N) is 1. The molecule has 3 atom stereocenters. The van der Waals surface area contributed by atoms with Gasteiger partial charge >= 0.3 is 0 Å². The van der Waals surface area contributed by atoms with Crippen LogP contribution in [0.4, 0.5) is 0 Å². The largest absolute Gasteiger partial charge is 0.330 e. The van der Waals surface area contributed by atoms with E-state index in [1.807, 2.05) is 0 Å². The first-order valence-electron chi connectivity index (χ1n) is 7.80. The van der Waals surface area contributed by atoms with Gasteiger partial charge in [0.15, 0.2) is 0 Å². The van der Waals surface area contributed by atoms with Gasteiger partial charge in [0, 0.05) is 18.6 Å². The highest BCUT2D eigenvalue weighted by molar-refractivity contribution is 5.30. The number of fused-ring (bicyclic) bond motifs is 1. The summed E-state index contributed by atoms with van der Waals surface area (Å²) in [5.74, 6) is 0.716. The molecular weight excluding hydrogens is 232 g/mol. The predicted octanol–water partition coefficient (Wildman–Crippen LogP) is 2.60. The lowest BCUT2D eigenvalue weighted by molar-refractivity contribution is 0.0668. The predicted molar refractivity (Wildman–Crippen MR) is 80.2 cm³/mol. The molecule has 0 aromatic heterocycles. The normalized spacial score (nSPS) is 32.0. The molecule has 0 amide bonds. The molecule has 0 radical (unpaired) electrons.